The minimum atomic E-state index is 0.159. The van der Waals surface area contributed by atoms with E-state index in [1.807, 2.05) is 23.1 Å². The monoisotopic (exact) mass is 330 g/mol. The summed E-state index contributed by atoms with van der Waals surface area (Å²) in [5.41, 5.74) is 0.943. The second-order valence-electron chi connectivity index (χ2n) is 4.58. The van der Waals surface area contributed by atoms with Crippen LogP contribution in [0.25, 0.3) is 0 Å². The van der Waals surface area contributed by atoms with Crippen LogP contribution in [0.1, 0.15) is 12.5 Å². The van der Waals surface area contributed by atoms with E-state index in [1.54, 1.807) is 0 Å². The molecule has 1 aliphatic rings. The Morgan fingerprint density at radius 3 is 3.11 bits per heavy atom. The lowest BCUT2D eigenvalue weighted by Gasteiger charge is -2.32. The fourth-order valence-corrected chi connectivity index (χ4v) is 2.72. The molecule has 1 fully saturated rings. The molecule has 1 aliphatic heterocycles. The van der Waals surface area contributed by atoms with E-state index in [9.17, 15) is 4.79 Å². The van der Waals surface area contributed by atoms with Crippen LogP contribution in [0.4, 0.5) is 0 Å². The van der Waals surface area contributed by atoms with Crippen molar-refractivity contribution in [3.8, 4) is 0 Å². The average molecular weight is 332 g/mol. The van der Waals surface area contributed by atoms with E-state index in [2.05, 4.69) is 28.2 Å². The zero-order valence-corrected chi connectivity index (χ0v) is 12.6. The summed E-state index contributed by atoms with van der Waals surface area (Å²) >= 11 is 9.45. The molecule has 1 N–H and O–H groups in total. The summed E-state index contributed by atoms with van der Waals surface area (Å²) in [6.07, 6.45) is 0.397. The molecule has 3 nitrogen and oxygen atoms in total. The Morgan fingerprint density at radius 2 is 2.39 bits per heavy atom. The standard InChI is InChI=1S/C13H16BrClN2O/c1-9-8-17(6-5-16-9)12(18)7-10-3-2-4-11(15)13(10)14/h2-4,9,16H,5-8H2,1H3/t9-/m0/s1. The number of carbonyl (C=O) groups excluding carboxylic acids is 1. The van der Waals surface area contributed by atoms with Crippen molar-refractivity contribution in [3.05, 3.63) is 33.3 Å². The number of benzene rings is 1. The smallest absolute Gasteiger partial charge is 0.227 e. The van der Waals surface area contributed by atoms with Gasteiger partial charge in [0.05, 0.1) is 11.4 Å². The summed E-state index contributed by atoms with van der Waals surface area (Å²) < 4.78 is 0.822. The number of carbonyl (C=O) groups is 1. The molecule has 98 valence electrons. The molecule has 0 radical (unpaired) electrons. The van der Waals surface area contributed by atoms with Crippen LogP contribution in [0.3, 0.4) is 0 Å². The van der Waals surface area contributed by atoms with E-state index >= 15 is 0 Å². The summed E-state index contributed by atoms with van der Waals surface area (Å²) in [7, 11) is 0. The first-order valence-electron chi connectivity index (χ1n) is 6.02. The number of amides is 1. The third-order valence-corrected chi connectivity index (χ3v) is 4.57. The first-order valence-corrected chi connectivity index (χ1v) is 7.19. The van der Waals surface area contributed by atoms with Gasteiger partial charge < -0.3 is 10.2 Å². The van der Waals surface area contributed by atoms with E-state index in [-0.39, 0.29) is 5.91 Å². The van der Waals surface area contributed by atoms with Crippen molar-refractivity contribution >= 4 is 33.4 Å². The van der Waals surface area contributed by atoms with Crippen LogP contribution in [0.5, 0.6) is 0 Å². The van der Waals surface area contributed by atoms with Crippen molar-refractivity contribution in [3.63, 3.8) is 0 Å². The highest BCUT2D eigenvalue weighted by molar-refractivity contribution is 9.10. The molecule has 5 heteroatoms. The van der Waals surface area contributed by atoms with Crippen molar-refractivity contribution in [2.24, 2.45) is 0 Å². The average Bonchev–Trinajstić information content (AvgIpc) is 2.35. The predicted octanol–water partition coefficient (Wildman–Crippen LogP) is 2.47. The Morgan fingerprint density at radius 1 is 1.61 bits per heavy atom. The molecule has 1 heterocycles. The topological polar surface area (TPSA) is 32.3 Å². The number of piperazine rings is 1. The molecule has 1 saturated heterocycles. The van der Waals surface area contributed by atoms with Crippen LogP contribution in [0.15, 0.2) is 22.7 Å². The van der Waals surface area contributed by atoms with Gasteiger partial charge in [-0.15, -0.1) is 0 Å². The number of nitrogens with zero attached hydrogens (tertiary/aromatic N) is 1. The summed E-state index contributed by atoms with van der Waals surface area (Å²) in [5.74, 6) is 0.159. The Bertz CT molecular complexity index is 453. The molecular weight excluding hydrogens is 316 g/mol. The second kappa shape index (κ2) is 6.04. The van der Waals surface area contributed by atoms with Gasteiger partial charge in [-0.25, -0.2) is 0 Å². The first-order chi connectivity index (χ1) is 8.58. The van der Waals surface area contributed by atoms with E-state index < -0.39 is 0 Å². The molecule has 0 aliphatic carbocycles. The fourth-order valence-electron chi connectivity index (χ4n) is 2.12. The van der Waals surface area contributed by atoms with Crippen molar-refractivity contribution in [1.29, 1.82) is 0 Å². The van der Waals surface area contributed by atoms with Gasteiger partial charge >= 0.3 is 0 Å². The number of rotatable bonds is 2. The van der Waals surface area contributed by atoms with Crippen LogP contribution >= 0.6 is 27.5 Å². The normalized spacial score (nSPS) is 19.9. The molecular formula is C13H16BrClN2O. The summed E-state index contributed by atoms with van der Waals surface area (Å²) in [6.45, 7) is 4.51. The zero-order valence-electron chi connectivity index (χ0n) is 10.2. The lowest BCUT2D eigenvalue weighted by Crippen LogP contribution is -2.51. The third-order valence-electron chi connectivity index (χ3n) is 3.09. The van der Waals surface area contributed by atoms with Crippen LogP contribution in [-0.4, -0.2) is 36.5 Å². The van der Waals surface area contributed by atoms with Gasteiger partial charge in [0.2, 0.25) is 5.91 Å². The van der Waals surface area contributed by atoms with Gasteiger partial charge in [-0.3, -0.25) is 4.79 Å². The van der Waals surface area contributed by atoms with Crippen LogP contribution in [0, 0.1) is 0 Å². The molecule has 0 spiro atoms. The lowest BCUT2D eigenvalue weighted by atomic mass is 10.1. The third kappa shape index (κ3) is 3.25. The Kier molecular flexibility index (Phi) is 4.65. The first kappa shape index (κ1) is 13.8. The highest BCUT2D eigenvalue weighted by Crippen LogP contribution is 2.26. The summed E-state index contributed by atoms with van der Waals surface area (Å²) in [5, 5.41) is 3.97. The largest absolute Gasteiger partial charge is 0.340 e. The van der Waals surface area contributed by atoms with Gasteiger partial charge in [0.25, 0.3) is 0 Å². The lowest BCUT2D eigenvalue weighted by molar-refractivity contribution is -0.131. The number of hydrogen-bond acceptors (Lipinski definition) is 2. The van der Waals surface area contributed by atoms with Gasteiger partial charge in [-0.2, -0.15) is 0 Å². The molecule has 1 atom stereocenters. The van der Waals surface area contributed by atoms with Crippen molar-refractivity contribution in [1.82, 2.24) is 10.2 Å². The number of halogens is 2. The van der Waals surface area contributed by atoms with Crippen LogP contribution in [-0.2, 0) is 11.2 Å². The van der Waals surface area contributed by atoms with Crippen LogP contribution in [0.2, 0.25) is 5.02 Å². The maximum atomic E-state index is 12.2. The molecule has 18 heavy (non-hydrogen) atoms. The highest BCUT2D eigenvalue weighted by atomic mass is 79.9. The van der Waals surface area contributed by atoms with Crippen molar-refractivity contribution < 1.29 is 4.79 Å². The Hall–Kier alpha value is -0.580. The minimum absolute atomic E-state index is 0.159. The van der Waals surface area contributed by atoms with Gasteiger partial charge in [0, 0.05) is 30.1 Å². The quantitative estimate of drug-likeness (QED) is 0.903. The number of hydrogen-bond donors (Lipinski definition) is 1. The zero-order chi connectivity index (χ0) is 13.1. The molecule has 1 aromatic rings. The fraction of sp³-hybridized carbons (Fsp3) is 0.462. The Balaban J connectivity index is 2.04. The van der Waals surface area contributed by atoms with Gasteiger partial charge in [-0.1, -0.05) is 23.7 Å². The van der Waals surface area contributed by atoms with Crippen molar-refractivity contribution in [2.75, 3.05) is 19.6 Å². The highest BCUT2D eigenvalue weighted by Gasteiger charge is 2.21. The molecule has 0 aromatic heterocycles. The summed E-state index contributed by atoms with van der Waals surface area (Å²) in [6, 6.07) is 5.98. The van der Waals surface area contributed by atoms with Gasteiger partial charge in [0.15, 0.2) is 0 Å². The molecule has 1 aromatic carbocycles. The minimum Gasteiger partial charge on any atom is -0.340 e. The maximum Gasteiger partial charge on any atom is 0.227 e. The van der Waals surface area contributed by atoms with E-state index in [0.717, 1.165) is 29.7 Å². The summed E-state index contributed by atoms with van der Waals surface area (Å²) in [4.78, 5) is 14.1. The maximum absolute atomic E-state index is 12.2. The van der Waals surface area contributed by atoms with Gasteiger partial charge in [-0.05, 0) is 34.5 Å². The molecule has 1 amide bonds. The molecule has 0 unspecified atom stereocenters. The molecule has 0 saturated carbocycles. The van der Waals surface area contributed by atoms with E-state index in [0.29, 0.717) is 17.5 Å². The molecule has 0 bridgehead atoms. The molecule has 2 rings (SSSR count). The van der Waals surface area contributed by atoms with E-state index in [1.165, 1.54) is 0 Å². The SMILES string of the molecule is C[C@H]1CN(C(=O)Cc2cccc(Cl)c2Br)CCN1. The predicted molar refractivity (Wildman–Crippen MR) is 76.9 cm³/mol. The van der Waals surface area contributed by atoms with Crippen LogP contribution < -0.4 is 5.32 Å². The second-order valence-corrected chi connectivity index (χ2v) is 5.78. The van der Waals surface area contributed by atoms with E-state index in [4.69, 9.17) is 11.6 Å². The Labute approximate surface area is 121 Å². The number of nitrogens with one attached hydrogen (secondary N) is 1. The van der Waals surface area contributed by atoms with Gasteiger partial charge in [0.1, 0.15) is 0 Å². The van der Waals surface area contributed by atoms with Crippen molar-refractivity contribution in [2.45, 2.75) is 19.4 Å².